The van der Waals surface area contributed by atoms with E-state index in [-0.39, 0.29) is 25.6 Å². The first-order valence-electron chi connectivity index (χ1n) is 4.65. The van der Waals surface area contributed by atoms with Gasteiger partial charge < -0.3 is 14.9 Å². The second-order valence-corrected chi connectivity index (χ2v) is 2.95. The van der Waals surface area contributed by atoms with E-state index in [2.05, 4.69) is 0 Å². The van der Waals surface area contributed by atoms with Crippen molar-refractivity contribution in [1.82, 2.24) is 0 Å². The Morgan fingerprint density at radius 3 is 2.77 bits per heavy atom. The lowest BCUT2D eigenvalue weighted by Gasteiger charge is -2.09. The highest BCUT2D eigenvalue weighted by molar-refractivity contribution is 5.69. The normalized spacial score (nSPS) is 12.5. The molecule has 0 aromatic carbocycles. The molecule has 0 fully saturated rings. The maximum absolute atomic E-state index is 10.9. The van der Waals surface area contributed by atoms with Crippen LogP contribution < -0.4 is 0 Å². The van der Waals surface area contributed by atoms with E-state index in [4.69, 9.17) is 14.9 Å². The average Bonchev–Trinajstić information content (AvgIpc) is 2.12. The largest absolute Gasteiger partial charge is 0.463 e. The average molecular weight is 190 g/mol. The van der Waals surface area contributed by atoms with E-state index in [1.165, 1.54) is 0 Å². The van der Waals surface area contributed by atoms with Crippen LogP contribution in [0.5, 0.6) is 0 Å². The van der Waals surface area contributed by atoms with Crippen LogP contribution in [-0.2, 0) is 9.53 Å². The first kappa shape index (κ1) is 12.4. The summed E-state index contributed by atoms with van der Waals surface area (Å²) in [6.07, 6.45) is 1.68. The molecular formula is C9H18O4. The molecule has 0 unspecified atom stereocenters. The summed E-state index contributed by atoms with van der Waals surface area (Å²) in [6, 6.07) is 0. The molecule has 0 aromatic rings. The van der Waals surface area contributed by atoms with Gasteiger partial charge in [0.25, 0.3) is 0 Å². The molecule has 0 saturated heterocycles. The molecule has 0 aliphatic carbocycles. The standard InChI is InChI=1S/C9H18O4/c1-2-3-4-9(12)13-7-8(11)5-6-10/h8,10-11H,2-7H2,1H3/t8-/m0/s1. The van der Waals surface area contributed by atoms with Crippen molar-refractivity contribution >= 4 is 5.97 Å². The van der Waals surface area contributed by atoms with Crippen molar-refractivity contribution in [3.05, 3.63) is 0 Å². The van der Waals surface area contributed by atoms with Gasteiger partial charge in [-0.05, 0) is 12.8 Å². The highest BCUT2D eigenvalue weighted by atomic mass is 16.5. The Hall–Kier alpha value is -0.610. The number of carbonyl (C=O) groups excluding carboxylic acids is 1. The molecule has 0 bridgehead atoms. The molecule has 0 aromatic heterocycles. The Balaban J connectivity index is 3.34. The van der Waals surface area contributed by atoms with Gasteiger partial charge in [-0.25, -0.2) is 0 Å². The first-order valence-corrected chi connectivity index (χ1v) is 4.65. The summed E-state index contributed by atoms with van der Waals surface area (Å²) < 4.78 is 4.76. The van der Waals surface area contributed by atoms with Crippen LogP contribution >= 0.6 is 0 Å². The Morgan fingerprint density at radius 2 is 2.23 bits per heavy atom. The van der Waals surface area contributed by atoms with Gasteiger partial charge in [0.2, 0.25) is 0 Å². The predicted octanol–water partition coefficient (Wildman–Crippen LogP) is 0.463. The summed E-state index contributed by atoms with van der Waals surface area (Å²) in [6.45, 7) is 1.89. The summed E-state index contributed by atoms with van der Waals surface area (Å²) in [7, 11) is 0. The summed E-state index contributed by atoms with van der Waals surface area (Å²) >= 11 is 0. The highest BCUT2D eigenvalue weighted by Gasteiger charge is 2.07. The number of aliphatic hydroxyl groups excluding tert-OH is 2. The van der Waals surface area contributed by atoms with Gasteiger partial charge in [-0.15, -0.1) is 0 Å². The molecule has 0 amide bonds. The second-order valence-electron chi connectivity index (χ2n) is 2.95. The van der Waals surface area contributed by atoms with Crippen molar-refractivity contribution in [2.24, 2.45) is 0 Å². The van der Waals surface area contributed by atoms with Gasteiger partial charge in [-0.2, -0.15) is 0 Å². The van der Waals surface area contributed by atoms with E-state index in [0.29, 0.717) is 6.42 Å². The number of hydrogen-bond donors (Lipinski definition) is 2. The zero-order valence-corrected chi connectivity index (χ0v) is 8.03. The first-order chi connectivity index (χ1) is 6.20. The molecule has 0 aliphatic rings. The Morgan fingerprint density at radius 1 is 1.54 bits per heavy atom. The van der Waals surface area contributed by atoms with E-state index >= 15 is 0 Å². The molecule has 0 heterocycles. The lowest BCUT2D eigenvalue weighted by Crippen LogP contribution is -2.19. The number of hydrogen-bond acceptors (Lipinski definition) is 4. The van der Waals surface area contributed by atoms with Crippen LogP contribution in [0, 0.1) is 0 Å². The van der Waals surface area contributed by atoms with E-state index in [0.717, 1.165) is 12.8 Å². The van der Waals surface area contributed by atoms with Gasteiger partial charge in [-0.3, -0.25) is 4.79 Å². The fourth-order valence-corrected chi connectivity index (χ4v) is 0.815. The van der Waals surface area contributed by atoms with Crippen molar-refractivity contribution < 1.29 is 19.7 Å². The molecule has 13 heavy (non-hydrogen) atoms. The second kappa shape index (κ2) is 8.01. The number of rotatable bonds is 7. The van der Waals surface area contributed by atoms with Crippen LogP contribution in [0.1, 0.15) is 32.6 Å². The Bertz CT molecular complexity index is 136. The van der Waals surface area contributed by atoms with Crippen molar-refractivity contribution in [2.75, 3.05) is 13.2 Å². The molecule has 4 nitrogen and oxygen atoms in total. The molecule has 2 N–H and O–H groups in total. The fourth-order valence-electron chi connectivity index (χ4n) is 0.815. The van der Waals surface area contributed by atoms with Gasteiger partial charge in [0.15, 0.2) is 0 Å². The van der Waals surface area contributed by atoms with Crippen LogP contribution in [0.15, 0.2) is 0 Å². The van der Waals surface area contributed by atoms with Gasteiger partial charge in [-0.1, -0.05) is 13.3 Å². The van der Waals surface area contributed by atoms with Crippen molar-refractivity contribution in [1.29, 1.82) is 0 Å². The quantitative estimate of drug-likeness (QED) is 0.572. The third-order valence-corrected chi connectivity index (χ3v) is 1.63. The number of aliphatic hydroxyl groups is 2. The van der Waals surface area contributed by atoms with Gasteiger partial charge in [0.05, 0.1) is 6.10 Å². The lowest BCUT2D eigenvalue weighted by atomic mass is 10.2. The maximum Gasteiger partial charge on any atom is 0.305 e. The zero-order valence-electron chi connectivity index (χ0n) is 8.03. The van der Waals surface area contributed by atoms with Crippen molar-refractivity contribution in [3.8, 4) is 0 Å². The maximum atomic E-state index is 10.9. The summed E-state index contributed by atoms with van der Waals surface area (Å²) in [4.78, 5) is 10.9. The molecule has 78 valence electrons. The summed E-state index contributed by atoms with van der Waals surface area (Å²) in [5.74, 6) is -0.279. The number of unbranched alkanes of at least 4 members (excludes halogenated alkanes) is 1. The minimum atomic E-state index is -0.740. The van der Waals surface area contributed by atoms with Gasteiger partial charge in [0, 0.05) is 13.0 Å². The number of carbonyl (C=O) groups is 1. The molecule has 4 heteroatoms. The number of ether oxygens (including phenoxy) is 1. The van der Waals surface area contributed by atoms with Gasteiger partial charge in [0.1, 0.15) is 6.61 Å². The smallest absolute Gasteiger partial charge is 0.305 e. The predicted molar refractivity (Wildman–Crippen MR) is 48.2 cm³/mol. The lowest BCUT2D eigenvalue weighted by molar-refractivity contribution is -0.147. The van der Waals surface area contributed by atoms with Crippen LogP contribution in [0.2, 0.25) is 0 Å². The van der Waals surface area contributed by atoms with E-state index in [9.17, 15) is 4.79 Å². The SMILES string of the molecule is CCCCC(=O)OC[C@@H](O)CCO. The molecule has 0 radical (unpaired) electrons. The van der Waals surface area contributed by atoms with Crippen LogP contribution in [0.4, 0.5) is 0 Å². The monoisotopic (exact) mass is 190 g/mol. The van der Waals surface area contributed by atoms with E-state index in [1.807, 2.05) is 6.92 Å². The molecule has 0 rings (SSSR count). The molecule has 1 atom stereocenters. The minimum absolute atomic E-state index is 0.0108. The highest BCUT2D eigenvalue weighted by Crippen LogP contribution is 1.98. The number of esters is 1. The van der Waals surface area contributed by atoms with E-state index < -0.39 is 6.10 Å². The van der Waals surface area contributed by atoms with Crippen LogP contribution in [0.25, 0.3) is 0 Å². The molecule has 0 spiro atoms. The zero-order chi connectivity index (χ0) is 10.1. The van der Waals surface area contributed by atoms with Crippen molar-refractivity contribution in [3.63, 3.8) is 0 Å². The van der Waals surface area contributed by atoms with Crippen molar-refractivity contribution in [2.45, 2.75) is 38.7 Å². The Kier molecular flexibility index (Phi) is 7.63. The molecule has 0 saturated carbocycles. The topological polar surface area (TPSA) is 66.8 Å². The fraction of sp³-hybridized carbons (Fsp3) is 0.889. The summed E-state index contributed by atoms with van der Waals surface area (Å²) in [5.41, 5.74) is 0. The third-order valence-electron chi connectivity index (χ3n) is 1.63. The van der Waals surface area contributed by atoms with E-state index in [1.54, 1.807) is 0 Å². The third kappa shape index (κ3) is 7.74. The van der Waals surface area contributed by atoms with Crippen LogP contribution in [0.3, 0.4) is 0 Å². The molecule has 0 aliphatic heterocycles. The molecular weight excluding hydrogens is 172 g/mol. The van der Waals surface area contributed by atoms with Crippen LogP contribution in [-0.4, -0.2) is 35.5 Å². The van der Waals surface area contributed by atoms with Gasteiger partial charge >= 0.3 is 5.97 Å². The summed E-state index contributed by atoms with van der Waals surface area (Å²) in [5, 5.41) is 17.5. The Labute approximate surface area is 78.5 Å². The minimum Gasteiger partial charge on any atom is -0.463 e.